The van der Waals surface area contributed by atoms with Crippen LogP contribution in [0.1, 0.15) is 51.2 Å². The number of benzene rings is 1. The number of hydrogen-bond donors (Lipinski definition) is 0. The molecular weight excluding hydrogens is 353 g/mol. The van der Waals surface area contributed by atoms with Gasteiger partial charge in [-0.3, -0.25) is 4.79 Å². The molecular formula is C21H32BNO3Si. The number of carbonyl (C=O) groups excluding carboxylic acids is 2. The van der Waals surface area contributed by atoms with E-state index in [4.69, 9.17) is 4.43 Å². The van der Waals surface area contributed by atoms with Crippen molar-refractivity contribution in [1.29, 1.82) is 0 Å². The van der Waals surface area contributed by atoms with Crippen molar-refractivity contribution in [3.05, 3.63) is 42.0 Å². The van der Waals surface area contributed by atoms with Crippen LogP contribution >= 0.6 is 0 Å². The van der Waals surface area contributed by atoms with Gasteiger partial charge in [-0.15, -0.1) is 0 Å². The van der Waals surface area contributed by atoms with Crippen molar-refractivity contribution < 1.29 is 14.0 Å². The van der Waals surface area contributed by atoms with Gasteiger partial charge in [-0.2, -0.15) is 0 Å². The first-order chi connectivity index (χ1) is 12.5. The highest BCUT2D eigenvalue weighted by atomic mass is 28.4. The zero-order valence-corrected chi connectivity index (χ0v) is 18.5. The molecule has 2 atom stereocenters. The average Bonchev–Trinajstić information content (AvgIpc) is 2.88. The second-order valence-electron chi connectivity index (χ2n) is 9.03. The Labute approximate surface area is 165 Å². The molecule has 4 nitrogen and oxygen atoms in total. The fraction of sp³-hybridized carbons (Fsp3) is 0.524. The lowest BCUT2D eigenvalue weighted by molar-refractivity contribution is -0.124. The molecule has 1 fully saturated rings. The van der Waals surface area contributed by atoms with E-state index < -0.39 is 8.32 Å². The van der Waals surface area contributed by atoms with E-state index in [2.05, 4.69) is 52.6 Å². The maximum atomic E-state index is 12.7. The van der Waals surface area contributed by atoms with Gasteiger partial charge < -0.3 is 14.0 Å². The number of nitrogens with zero attached hydrogens (tertiary/aromatic N) is 1. The predicted molar refractivity (Wildman–Crippen MR) is 116 cm³/mol. The molecule has 0 bridgehead atoms. The summed E-state index contributed by atoms with van der Waals surface area (Å²) in [5.41, 5.74) is 3.19. The Balaban J connectivity index is 2.37. The van der Waals surface area contributed by atoms with Gasteiger partial charge in [0.2, 0.25) is 5.91 Å². The highest BCUT2D eigenvalue weighted by Gasteiger charge is 2.44. The van der Waals surface area contributed by atoms with Crippen LogP contribution in [0.15, 0.2) is 30.8 Å². The minimum Gasteiger partial charge on any atom is -0.415 e. The standard InChI is InChI=1S/C21H32BNO3Si/c1-15(2)16-10-8-9-11-17(16)18-12-20(25)23(22-14-24)19(18)13-26-27(6,7)21(3,4)5/h8-11,14,18-19,22H,1,12-13H2,2-7H3/t18-,19-/m1/s1. The van der Waals surface area contributed by atoms with Crippen LogP contribution in [0.25, 0.3) is 5.57 Å². The van der Waals surface area contributed by atoms with Crippen molar-refractivity contribution in [1.82, 2.24) is 4.81 Å². The van der Waals surface area contributed by atoms with Gasteiger partial charge in [-0.05, 0) is 36.2 Å². The van der Waals surface area contributed by atoms with Crippen LogP contribution < -0.4 is 0 Å². The van der Waals surface area contributed by atoms with Gasteiger partial charge in [-0.1, -0.05) is 57.2 Å². The Bertz CT molecular complexity index is 726. The van der Waals surface area contributed by atoms with Gasteiger partial charge in [0.25, 0.3) is 0 Å². The first-order valence-corrected chi connectivity index (χ1v) is 12.5. The van der Waals surface area contributed by atoms with Crippen LogP contribution in [0.5, 0.6) is 0 Å². The molecule has 2 rings (SSSR count). The largest absolute Gasteiger partial charge is 0.415 e. The van der Waals surface area contributed by atoms with Crippen molar-refractivity contribution in [2.24, 2.45) is 0 Å². The summed E-state index contributed by atoms with van der Waals surface area (Å²) in [5.74, 6) is 0.0302. The maximum absolute atomic E-state index is 12.7. The van der Waals surface area contributed by atoms with E-state index in [0.717, 1.165) is 22.9 Å². The van der Waals surface area contributed by atoms with Gasteiger partial charge in [-0.25, -0.2) is 0 Å². The van der Waals surface area contributed by atoms with Crippen molar-refractivity contribution in [2.45, 2.75) is 64.2 Å². The van der Waals surface area contributed by atoms with Gasteiger partial charge in [0, 0.05) is 18.4 Å². The van der Waals surface area contributed by atoms with Crippen molar-refractivity contribution in [3.8, 4) is 0 Å². The van der Waals surface area contributed by atoms with Gasteiger partial charge in [0.15, 0.2) is 8.32 Å². The topological polar surface area (TPSA) is 46.6 Å². The fourth-order valence-corrected chi connectivity index (χ4v) is 4.42. The summed E-state index contributed by atoms with van der Waals surface area (Å²) < 4.78 is 6.46. The molecule has 146 valence electrons. The first-order valence-electron chi connectivity index (χ1n) is 9.61. The second kappa shape index (κ2) is 8.15. The van der Waals surface area contributed by atoms with E-state index in [0.29, 0.717) is 13.0 Å². The number of carbonyl (C=O) groups is 2. The molecule has 0 radical (unpaired) electrons. The highest BCUT2D eigenvalue weighted by molar-refractivity contribution is 6.74. The smallest absolute Gasteiger partial charge is 0.313 e. The summed E-state index contributed by atoms with van der Waals surface area (Å²) in [7, 11) is -1.84. The lowest BCUT2D eigenvalue weighted by Crippen LogP contribution is -2.47. The van der Waals surface area contributed by atoms with Crippen LogP contribution in [0.4, 0.5) is 0 Å². The van der Waals surface area contributed by atoms with Crippen LogP contribution in [0.3, 0.4) is 0 Å². The monoisotopic (exact) mass is 385 g/mol. The lowest BCUT2D eigenvalue weighted by Gasteiger charge is -2.39. The minimum absolute atomic E-state index is 0.00937. The Hall–Kier alpha value is -1.66. The first kappa shape index (κ1) is 21.6. The maximum Gasteiger partial charge on any atom is 0.313 e. The molecule has 1 aliphatic rings. The molecule has 0 spiro atoms. The van der Waals surface area contributed by atoms with E-state index in [-0.39, 0.29) is 30.3 Å². The summed E-state index contributed by atoms with van der Waals surface area (Å²) in [5, 5.41) is 0.0935. The Morgan fingerprint density at radius 3 is 2.56 bits per heavy atom. The lowest BCUT2D eigenvalue weighted by atomic mass is 9.85. The molecule has 1 aliphatic heterocycles. The van der Waals surface area contributed by atoms with E-state index in [1.54, 1.807) is 4.81 Å². The third-order valence-electron chi connectivity index (χ3n) is 6.09. The molecule has 0 unspecified atom stereocenters. The second-order valence-corrected chi connectivity index (χ2v) is 13.8. The van der Waals surface area contributed by atoms with Crippen LogP contribution in [-0.4, -0.2) is 45.3 Å². The van der Waals surface area contributed by atoms with Crippen LogP contribution in [0, 0.1) is 0 Å². The molecule has 1 heterocycles. The fourth-order valence-electron chi connectivity index (χ4n) is 3.40. The minimum atomic E-state index is -1.96. The summed E-state index contributed by atoms with van der Waals surface area (Å²) in [6.45, 7) is 17.6. The summed E-state index contributed by atoms with van der Waals surface area (Å²) in [6, 6.07) is 7.99. The molecule has 0 aliphatic carbocycles. The van der Waals surface area contributed by atoms with Crippen molar-refractivity contribution in [2.75, 3.05) is 6.61 Å². The molecule has 0 N–H and O–H groups in total. The molecule has 27 heavy (non-hydrogen) atoms. The molecule has 6 heteroatoms. The Morgan fingerprint density at radius 1 is 1.37 bits per heavy atom. The zero-order valence-electron chi connectivity index (χ0n) is 17.5. The van der Waals surface area contributed by atoms with Gasteiger partial charge in [0.05, 0.1) is 6.61 Å². The number of hydrogen-bond acceptors (Lipinski definition) is 3. The van der Waals surface area contributed by atoms with E-state index >= 15 is 0 Å². The van der Waals surface area contributed by atoms with Crippen LogP contribution in [0.2, 0.25) is 18.1 Å². The van der Waals surface area contributed by atoms with Gasteiger partial charge >= 0.3 is 7.41 Å². The summed E-state index contributed by atoms with van der Waals surface area (Å²) >= 11 is 0. The summed E-state index contributed by atoms with van der Waals surface area (Å²) in [4.78, 5) is 25.5. The molecule has 1 aromatic carbocycles. The molecule has 0 aromatic heterocycles. The molecule has 1 amide bonds. The third kappa shape index (κ3) is 4.61. The number of allylic oxidation sites excluding steroid dienone is 1. The Kier molecular flexibility index (Phi) is 6.53. The SMILES string of the molecule is C=C(C)c1ccccc1[C@H]1CC(=O)N(BC=O)[C@@H]1CO[Si](C)(C)C(C)(C)C. The highest BCUT2D eigenvalue weighted by Crippen LogP contribution is 2.40. The normalized spacial score (nSPS) is 20.7. The molecule has 0 saturated carbocycles. The quantitative estimate of drug-likeness (QED) is 0.527. The van der Waals surface area contributed by atoms with Gasteiger partial charge in [0.1, 0.15) is 6.19 Å². The number of rotatable bonds is 7. The van der Waals surface area contributed by atoms with Crippen molar-refractivity contribution >= 4 is 33.4 Å². The third-order valence-corrected chi connectivity index (χ3v) is 10.6. The van der Waals surface area contributed by atoms with E-state index in [1.165, 1.54) is 0 Å². The summed E-state index contributed by atoms with van der Waals surface area (Å²) in [6.07, 6.45) is 1.22. The zero-order chi connectivity index (χ0) is 20.4. The molecule has 1 aromatic rings. The van der Waals surface area contributed by atoms with E-state index in [1.807, 2.05) is 19.1 Å². The Morgan fingerprint density at radius 2 is 2.00 bits per heavy atom. The average molecular weight is 385 g/mol. The molecule has 1 saturated heterocycles. The number of amides is 1. The van der Waals surface area contributed by atoms with Crippen molar-refractivity contribution in [3.63, 3.8) is 0 Å². The van der Waals surface area contributed by atoms with E-state index in [9.17, 15) is 9.59 Å². The van der Waals surface area contributed by atoms with Crippen LogP contribution in [-0.2, 0) is 14.0 Å². The predicted octanol–water partition coefficient (Wildman–Crippen LogP) is 3.97.